The number of rotatable bonds is 3. The van der Waals surface area contributed by atoms with Crippen LogP contribution in [-0.4, -0.2) is 10.2 Å². The Kier molecular flexibility index (Phi) is 3.64. The van der Waals surface area contributed by atoms with Crippen LogP contribution in [0.4, 0.5) is 0 Å². The van der Waals surface area contributed by atoms with Gasteiger partial charge in [0.15, 0.2) is 0 Å². The Morgan fingerprint density at radius 3 is 2.58 bits per heavy atom. The van der Waals surface area contributed by atoms with E-state index in [1.165, 1.54) is 5.56 Å². The minimum atomic E-state index is -0.230. The van der Waals surface area contributed by atoms with Crippen LogP contribution in [0.5, 0.6) is 0 Å². The Morgan fingerprint density at radius 2 is 1.89 bits per heavy atom. The van der Waals surface area contributed by atoms with E-state index in [1.807, 2.05) is 30.3 Å². The minimum absolute atomic E-state index is 0.230. The maximum absolute atomic E-state index is 6.46. The van der Waals surface area contributed by atoms with Gasteiger partial charge in [-0.2, -0.15) is 11.3 Å². The summed E-state index contributed by atoms with van der Waals surface area (Å²) in [5.74, 6) is 0. The Hall–Kier alpha value is -1.23. The van der Waals surface area contributed by atoms with Gasteiger partial charge in [-0.15, -0.1) is 21.8 Å². The van der Waals surface area contributed by atoms with Gasteiger partial charge in [-0.05, 0) is 23.4 Å². The van der Waals surface area contributed by atoms with Crippen LogP contribution in [0.3, 0.4) is 0 Å². The lowest BCUT2D eigenvalue weighted by Crippen LogP contribution is -1.91. The summed E-state index contributed by atoms with van der Waals surface area (Å²) in [6, 6.07) is 9.96. The Labute approximate surface area is 124 Å². The third-order valence-corrected chi connectivity index (χ3v) is 5.31. The van der Waals surface area contributed by atoms with Crippen LogP contribution in [0.25, 0.3) is 10.6 Å². The predicted octanol–water partition coefficient (Wildman–Crippen LogP) is 4.90. The molecule has 2 heterocycles. The molecule has 0 saturated heterocycles. The number of aryl methyl sites for hydroxylation is 1. The van der Waals surface area contributed by atoms with Crippen molar-refractivity contribution in [1.82, 2.24) is 10.2 Å². The van der Waals surface area contributed by atoms with Crippen LogP contribution in [0, 0.1) is 6.92 Å². The van der Waals surface area contributed by atoms with E-state index in [1.54, 1.807) is 22.7 Å². The van der Waals surface area contributed by atoms with Crippen molar-refractivity contribution < 1.29 is 0 Å². The summed E-state index contributed by atoms with van der Waals surface area (Å²) in [5.41, 5.74) is 3.44. The molecule has 0 aliphatic heterocycles. The molecule has 0 radical (unpaired) electrons. The zero-order valence-corrected chi connectivity index (χ0v) is 12.6. The molecule has 0 saturated carbocycles. The zero-order valence-electron chi connectivity index (χ0n) is 10.2. The first kappa shape index (κ1) is 12.8. The maximum Gasteiger partial charge on any atom is 0.148 e. The molecule has 1 aromatic carbocycles. The largest absolute Gasteiger partial charge is 0.151 e. The minimum Gasteiger partial charge on any atom is -0.151 e. The summed E-state index contributed by atoms with van der Waals surface area (Å²) < 4.78 is 0. The summed E-state index contributed by atoms with van der Waals surface area (Å²) in [5, 5.41) is 14.3. The van der Waals surface area contributed by atoms with Gasteiger partial charge in [0.25, 0.3) is 0 Å². The monoisotopic (exact) mass is 306 g/mol. The number of thiophene rings is 1. The van der Waals surface area contributed by atoms with E-state index < -0.39 is 0 Å². The molecule has 0 fully saturated rings. The van der Waals surface area contributed by atoms with Gasteiger partial charge in [-0.3, -0.25) is 0 Å². The molecule has 2 aromatic heterocycles. The van der Waals surface area contributed by atoms with Gasteiger partial charge in [-0.1, -0.05) is 41.7 Å². The molecular weight excluding hydrogens is 296 g/mol. The van der Waals surface area contributed by atoms with Gasteiger partial charge in [-0.25, -0.2) is 0 Å². The van der Waals surface area contributed by atoms with Crippen molar-refractivity contribution in [2.24, 2.45) is 0 Å². The Bertz CT molecular complexity index is 676. The third-order valence-electron chi connectivity index (χ3n) is 2.84. The molecule has 3 aromatic rings. The summed E-state index contributed by atoms with van der Waals surface area (Å²) >= 11 is 9.70. The van der Waals surface area contributed by atoms with Gasteiger partial charge in [0, 0.05) is 10.9 Å². The van der Waals surface area contributed by atoms with Crippen molar-refractivity contribution in [1.29, 1.82) is 0 Å². The number of aromatic nitrogens is 2. The van der Waals surface area contributed by atoms with E-state index >= 15 is 0 Å². The molecule has 2 nitrogen and oxygen atoms in total. The second-order valence-electron chi connectivity index (χ2n) is 4.19. The fraction of sp³-hybridized carbons (Fsp3) is 0.143. The van der Waals surface area contributed by atoms with E-state index in [4.69, 9.17) is 11.6 Å². The number of hydrogen-bond donors (Lipinski definition) is 0. The van der Waals surface area contributed by atoms with E-state index in [0.29, 0.717) is 0 Å². The van der Waals surface area contributed by atoms with Crippen molar-refractivity contribution in [3.63, 3.8) is 0 Å². The van der Waals surface area contributed by atoms with Gasteiger partial charge in [0.2, 0.25) is 0 Å². The van der Waals surface area contributed by atoms with Crippen LogP contribution in [0.2, 0.25) is 0 Å². The van der Waals surface area contributed by atoms with Crippen molar-refractivity contribution in [2.75, 3.05) is 0 Å². The maximum atomic E-state index is 6.46. The zero-order chi connectivity index (χ0) is 13.2. The number of halogens is 1. The smallest absolute Gasteiger partial charge is 0.148 e. The van der Waals surface area contributed by atoms with Gasteiger partial charge >= 0.3 is 0 Å². The first-order valence-corrected chi connectivity index (χ1v) is 8.01. The average molecular weight is 307 g/mol. The van der Waals surface area contributed by atoms with Crippen molar-refractivity contribution in [3.05, 3.63) is 57.2 Å². The van der Waals surface area contributed by atoms with Crippen LogP contribution < -0.4 is 0 Å². The van der Waals surface area contributed by atoms with Crippen LogP contribution >= 0.6 is 34.3 Å². The fourth-order valence-electron chi connectivity index (χ4n) is 1.79. The lowest BCUT2D eigenvalue weighted by atomic mass is 10.1. The third kappa shape index (κ3) is 2.56. The highest BCUT2D eigenvalue weighted by atomic mass is 35.5. The van der Waals surface area contributed by atoms with Crippen molar-refractivity contribution >= 4 is 34.3 Å². The summed E-state index contributed by atoms with van der Waals surface area (Å²) in [4.78, 5) is 0. The molecule has 96 valence electrons. The van der Waals surface area contributed by atoms with E-state index in [9.17, 15) is 0 Å². The van der Waals surface area contributed by atoms with Crippen molar-refractivity contribution in [2.45, 2.75) is 12.3 Å². The lowest BCUT2D eigenvalue weighted by Gasteiger charge is -2.04. The normalized spacial score (nSPS) is 12.5. The number of nitrogens with zero attached hydrogens (tertiary/aromatic N) is 2. The second kappa shape index (κ2) is 5.41. The average Bonchev–Trinajstić information content (AvgIpc) is 3.07. The topological polar surface area (TPSA) is 25.8 Å². The predicted molar refractivity (Wildman–Crippen MR) is 82.1 cm³/mol. The molecule has 0 bridgehead atoms. The Morgan fingerprint density at radius 1 is 1.11 bits per heavy atom. The van der Waals surface area contributed by atoms with E-state index in [0.717, 1.165) is 21.1 Å². The van der Waals surface area contributed by atoms with E-state index in [2.05, 4.69) is 27.9 Å². The first-order chi connectivity index (χ1) is 9.25. The second-order valence-corrected chi connectivity index (χ2v) is 6.38. The highest BCUT2D eigenvalue weighted by Crippen LogP contribution is 2.35. The molecule has 19 heavy (non-hydrogen) atoms. The number of hydrogen-bond acceptors (Lipinski definition) is 4. The lowest BCUT2D eigenvalue weighted by molar-refractivity contribution is 0.988. The molecule has 0 amide bonds. The SMILES string of the molecule is Cc1cscc1-c1nnc(C(Cl)c2ccccc2)s1. The molecule has 1 unspecified atom stereocenters. The molecule has 0 aliphatic rings. The molecule has 0 aliphatic carbocycles. The van der Waals surface area contributed by atoms with E-state index in [-0.39, 0.29) is 5.38 Å². The Balaban J connectivity index is 1.92. The molecule has 1 atom stereocenters. The highest BCUT2D eigenvalue weighted by molar-refractivity contribution is 7.15. The molecule has 3 rings (SSSR count). The number of benzene rings is 1. The summed E-state index contributed by atoms with van der Waals surface area (Å²) in [7, 11) is 0. The van der Waals surface area contributed by atoms with Crippen LogP contribution in [0.15, 0.2) is 41.1 Å². The molecule has 5 heteroatoms. The van der Waals surface area contributed by atoms with Gasteiger partial charge < -0.3 is 0 Å². The first-order valence-electron chi connectivity index (χ1n) is 5.81. The van der Waals surface area contributed by atoms with Gasteiger partial charge in [0.1, 0.15) is 15.4 Å². The summed E-state index contributed by atoms with van der Waals surface area (Å²) in [6.07, 6.45) is 0. The quantitative estimate of drug-likeness (QED) is 0.643. The fourth-order valence-corrected chi connectivity index (χ4v) is 3.95. The molecular formula is C14H11ClN2S2. The van der Waals surface area contributed by atoms with Crippen LogP contribution in [0.1, 0.15) is 21.5 Å². The molecule has 0 N–H and O–H groups in total. The van der Waals surface area contributed by atoms with Crippen LogP contribution in [-0.2, 0) is 0 Å². The number of alkyl halides is 1. The van der Waals surface area contributed by atoms with Crippen molar-refractivity contribution in [3.8, 4) is 10.6 Å². The summed E-state index contributed by atoms with van der Waals surface area (Å²) in [6.45, 7) is 2.09. The highest BCUT2D eigenvalue weighted by Gasteiger charge is 2.17. The molecule has 0 spiro atoms. The standard InChI is InChI=1S/C14H11ClN2S2/c1-9-7-18-8-11(9)13-16-17-14(19-13)12(15)10-5-3-2-4-6-10/h2-8,12H,1H3. The van der Waals surface area contributed by atoms with Gasteiger partial charge in [0.05, 0.1) is 0 Å².